The Kier molecular flexibility index (Phi) is 5.80. The van der Waals surface area contributed by atoms with Gasteiger partial charge in [0.05, 0.1) is 19.2 Å². The van der Waals surface area contributed by atoms with Gasteiger partial charge in [-0.1, -0.05) is 17.7 Å². The van der Waals surface area contributed by atoms with Crippen LogP contribution in [0.3, 0.4) is 0 Å². The molecule has 1 atom stereocenters. The molecule has 0 bridgehead atoms. The second-order valence-electron chi connectivity index (χ2n) is 6.65. The molecule has 1 amide bonds. The van der Waals surface area contributed by atoms with E-state index in [0.717, 1.165) is 18.7 Å². The number of morpholine rings is 1. The number of halogens is 1. The van der Waals surface area contributed by atoms with Gasteiger partial charge in [-0.05, 0) is 18.2 Å². The van der Waals surface area contributed by atoms with Crippen molar-refractivity contribution in [2.45, 2.75) is 18.6 Å². The van der Waals surface area contributed by atoms with E-state index < -0.39 is 11.5 Å². The van der Waals surface area contributed by atoms with Crippen molar-refractivity contribution in [3.8, 4) is 5.75 Å². The van der Waals surface area contributed by atoms with Crippen LogP contribution in [0, 0.1) is 0 Å². The molecule has 1 aromatic carbocycles. The van der Waals surface area contributed by atoms with Gasteiger partial charge in [-0.25, -0.2) is 0 Å². The van der Waals surface area contributed by atoms with Crippen molar-refractivity contribution in [3.63, 3.8) is 0 Å². The highest BCUT2D eigenvalue weighted by Gasteiger charge is 2.39. The second-order valence-corrected chi connectivity index (χ2v) is 7.09. The van der Waals surface area contributed by atoms with Crippen molar-refractivity contribution < 1.29 is 14.3 Å². The van der Waals surface area contributed by atoms with Gasteiger partial charge in [0, 0.05) is 43.5 Å². The van der Waals surface area contributed by atoms with Crippen LogP contribution in [0.15, 0.2) is 36.7 Å². The first-order valence-electron chi connectivity index (χ1n) is 8.45. The van der Waals surface area contributed by atoms with Crippen LogP contribution < -0.4 is 10.5 Å². The van der Waals surface area contributed by atoms with Gasteiger partial charge in [0.25, 0.3) is 0 Å². The average Bonchev–Trinajstić information content (AvgIpc) is 2.98. The summed E-state index contributed by atoms with van der Waals surface area (Å²) in [6.07, 6.45) is 3.92. The van der Waals surface area contributed by atoms with E-state index in [1.807, 2.05) is 31.6 Å². The molecule has 7 nitrogen and oxygen atoms in total. The van der Waals surface area contributed by atoms with Crippen LogP contribution in [-0.2, 0) is 23.1 Å². The summed E-state index contributed by atoms with van der Waals surface area (Å²) in [5, 5.41) is 4.79. The number of hydrogen-bond acceptors (Lipinski definition) is 5. The molecule has 1 aliphatic rings. The Labute approximate surface area is 157 Å². The van der Waals surface area contributed by atoms with Gasteiger partial charge in [0.1, 0.15) is 18.0 Å². The predicted octanol–water partition coefficient (Wildman–Crippen LogP) is 1.60. The quantitative estimate of drug-likeness (QED) is 0.791. The summed E-state index contributed by atoms with van der Waals surface area (Å²) in [7, 11) is 1.89. The molecule has 1 fully saturated rings. The maximum atomic E-state index is 11.6. The fraction of sp³-hybridized carbons (Fsp3) is 0.444. The highest BCUT2D eigenvalue weighted by Crippen LogP contribution is 2.26. The van der Waals surface area contributed by atoms with Gasteiger partial charge in [-0.3, -0.25) is 14.4 Å². The number of ether oxygens (including phenoxy) is 2. The van der Waals surface area contributed by atoms with E-state index in [1.54, 1.807) is 16.8 Å². The molecule has 0 spiro atoms. The molecule has 1 saturated heterocycles. The van der Waals surface area contributed by atoms with E-state index >= 15 is 0 Å². The van der Waals surface area contributed by atoms with Crippen LogP contribution in [0.2, 0.25) is 5.02 Å². The standard InChI is InChI=1S/C18H23ClN4O3/c1-22-10-14(9-21-22)11-23-5-6-26-18(12-23,8-17(20)24)13-25-16-4-2-3-15(19)7-16/h2-4,7,9-10H,5-6,8,11-13H2,1H3,(H2,20,24). The molecule has 3 rings (SSSR count). The first kappa shape index (κ1) is 18.7. The lowest BCUT2D eigenvalue weighted by molar-refractivity contribution is -0.148. The number of nitrogens with zero attached hydrogens (tertiary/aromatic N) is 3. The van der Waals surface area contributed by atoms with E-state index in [0.29, 0.717) is 23.9 Å². The molecule has 2 aromatic rings. The number of benzene rings is 1. The Morgan fingerprint density at radius 3 is 3.04 bits per heavy atom. The number of aryl methyl sites for hydroxylation is 1. The van der Waals surface area contributed by atoms with E-state index in [4.69, 9.17) is 26.8 Å². The molecule has 26 heavy (non-hydrogen) atoms. The third kappa shape index (κ3) is 4.97. The van der Waals surface area contributed by atoms with Gasteiger partial charge in [0.2, 0.25) is 5.91 Å². The van der Waals surface area contributed by atoms with Crippen molar-refractivity contribution >= 4 is 17.5 Å². The molecule has 1 unspecified atom stereocenters. The molecule has 2 heterocycles. The predicted molar refractivity (Wildman–Crippen MR) is 97.9 cm³/mol. The third-order valence-electron chi connectivity index (χ3n) is 4.29. The normalized spacial score (nSPS) is 20.8. The van der Waals surface area contributed by atoms with Crippen molar-refractivity contribution in [3.05, 3.63) is 47.2 Å². The van der Waals surface area contributed by atoms with Gasteiger partial charge in [-0.2, -0.15) is 5.10 Å². The van der Waals surface area contributed by atoms with Crippen molar-refractivity contribution in [1.29, 1.82) is 0 Å². The lowest BCUT2D eigenvalue weighted by atomic mass is 9.97. The number of aromatic nitrogens is 2. The minimum Gasteiger partial charge on any atom is -0.490 e. The average molecular weight is 379 g/mol. The van der Waals surface area contributed by atoms with Gasteiger partial charge in [0.15, 0.2) is 0 Å². The second kappa shape index (κ2) is 8.07. The highest BCUT2D eigenvalue weighted by atomic mass is 35.5. The summed E-state index contributed by atoms with van der Waals surface area (Å²) in [6.45, 7) is 2.78. The Bertz CT molecular complexity index is 766. The fourth-order valence-corrected chi connectivity index (χ4v) is 3.38. The van der Waals surface area contributed by atoms with Crippen molar-refractivity contribution in [1.82, 2.24) is 14.7 Å². The largest absolute Gasteiger partial charge is 0.490 e. The zero-order valence-corrected chi connectivity index (χ0v) is 15.5. The smallest absolute Gasteiger partial charge is 0.220 e. The van der Waals surface area contributed by atoms with E-state index in [2.05, 4.69) is 10.00 Å². The van der Waals surface area contributed by atoms with Crippen LogP contribution >= 0.6 is 11.6 Å². The summed E-state index contributed by atoms with van der Waals surface area (Å²) in [5.74, 6) is 0.220. The highest BCUT2D eigenvalue weighted by molar-refractivity contribution is 6.30. The van der Waals surface area contributed by atoms with Gasteiger partial charge < -0.3 is 15.2 Å². The summed E-state index contributed by atoms with van der Waals surface area (Å²) < 4.78 is 13.6. The number of primary amides is 1. The molecular weight excluding hydrogens is 356 g/mol. The fourth-order valence-electron chi connectivity index (χ4n) is 3.20. The number of carbonyl (C=O) groups excluding carboxylic acids is 1. The number of carbonyl (C=O) groups is 1. The molecule has 0 aliphatic carbocycles. The van der Waals surface area contributed by atoms with Crippen molar-refractivity contribution in [2.24, 2.45) is 12.8 Å². The number of amides is 1. The molecule has 1 aromatic heterocycles. The Morgan fingerprint density at radius 2 is 2.35 bits per heavy atom. The monoisotopic (exact) mass is 378 g/mol. The third-order valence-corrected chi connectivity index (χ3v) is 4.52. The van der Waals surface area contributed by atoms with Gasteiger partial charge in [-0.15, -0.1) is 0 Å². The van der Waals surface area contributed by atoms with Crippen molar-refractivity contribution in [2.75, 3.05) is 26.3 Å². The Balaban J connectivity index is 1.69. The molecular formula is C18H23ClN4O3. The lowest BCUT2D eigenvalue weighted by Gasteiger charge is -2.41. The molecule has 1 aliphatic heterocycles. The van der Waals surface area contributed by atoms with Crippen LogP contribution in [0.5, 0.6) is 5.75 Å². The van der Waals surface area contributed by atoms with Crippen LogP contribution in [-0.4, -0.2) is 52.5 Å². The van der Waals surface area contributed by atoms with Crippen LogP contribution in [0.25, 0.3) is 0 Å². The first-order chi connectivity index (χ1) is 12.4. The summed E-state index contributed by atoms with van der Waals surface area (Å²) >= 11 is 6.00. The number of nitrogens with two attached hydrogens (primary N) is 1. The van der Waals surface area contributed by atoms with Gasteiger partial charge >= 0.3 is 0 Å². The number of hydrogen-bond donors (Lipinski definition) is 1. The van der Waals surface area contributed by atoms with E-state index in [9.17, 15) is 4.79 Å². The van der Waals surface area contributed by atoms with E-state index in [1.165, 1.54) is 0 Å². The lowest BCUT2D eigenvalue weighted by Crippen LogP contribution is -2.56. The maximum absolute atomic E-state index is 11.6. The molecule has 0 radical (unpaired) electrons. The zero-order chi connectivity index (χ0) is 18.6. The minimum absolute atomic E-state index is 0.0944. The SMILES string of the molecule is Cn1cc(CN2CCOC(COc3cccc(Cl)c3)(CC(N)=O)C2)cn1. The first-order valence-corrected chi connectivity index (χ1v) is 8.82. The summed E-state index contributed by atoms with van der Waals surface area (Å²) in [4.78, 5) is 13.9. The Morgan fingerprint density at radius 1 is 1.50 bits per heavy atom. The maximum Gasteiger partial charge on any atom is 0.220 e. The van der Waals surface area contributed by atoms with Crippen LogP contribution in [0.1, 0.15) is 12.0 Å². The van der Waals surface area contributed by atoms with E-state index in [-0.39, 0.29) is 13.0 Å². The molecule has 2 N–H and O–H groups in total. The molecule has 0 saturated carbocycles. The summed E-state index contributed by atoms with van der Waals surface area (Å²) in [5.41, 5.74) is 5.80. The topological polar surface area (TPSA) is 82.6 Å². The molecule has 140 valence electrons. The number of rotatable bonds is 7. The summed E-state index contributed by atoms with van der Waals surface area (Å²) in [6, 6.07) is 7.14. The Hall–Kier alpha value is -2.09. The minimum atomic E-state index is -0.783. The molecule has 8 heteroatoms. The zero-order valence-electron chi connectivity index (χ0n) is 14.7. The van der Waals surface area contributed by atoms with Crippen LogP contribution in [0.4, 0.5) is 0 Å².